The van der Waals surface area contributed by atoms with Crippen LogP contribution in [0.1, 0.15) is 45.4 Å². The summed E-state index contributed by atoms with van der Waals surface area (Å²) < 4.78 is 4.32. The lowest BCUT2D eigenvalue weighted by Gasteiger charge is -1.96. The fraction of sp³-hybridized carbons (Fsp3) is 0.727. The van der Waals surface area contributed by atoms with Crippen LogP contribution < -0.4 is 0 Å². The highest BCUT2D eigenvalue weighted by molar-refractivity contribution is 5.56. The first-order chi connectivity index (χ1) is 6.77. The van der Waals surface area contributed by atoms with E-state index in [2.05, 4.69) is 11.7 Å². The van der Waals surface area contributed by atoms with Crippen molar-refractivity contribution in [3.8, 4) is 0 Å². The lowest BCUT2D eigenvalue weighted by Crippen LogP contribution is -1.98. The Morgan fingerprint density at radius 1 is 1.21 bits per heavy atom. The maximum atomic E-state index is 9.95. The summed E-state index contributed by atoms with van der Waals surface area (Å²) in [6.45, 7) is 2.37. The molecule has 3 nitrogen and oxygen atoms in total. The van der Waals surface area contributed by atoms with Crippen molar-refractivity contribution < 1.29 is 14.6 Å². The van der Waals surface area contributed by atoms with Crippen molar-refractivity contribution in [1.82, 2.24) is 0 Å². The predicted octanol–water partition coefficient (Wildman–Crippen LogP) is 3.60. The molecule has 14 heavy (non-hydrogen) atoms. The summed E-state index contributed by atoms with van der Waals surface area (Å²) in [6.07, 6.45) is 9.87. The van der Waals surface area contributed by atoms with E-state index in [0.717, 1.165) is 6.42 Å². The Labute approximate surface area is 85.8 Å². The van der Waals surface area contributed by atoms with Crippen molar-refractivity contribution >= 4 is 6.16 Å². The van der Waals surface area contributed by atoms with E-state index < -0.39 is 6.16 Å². The molecule has 1 N–H and O–H groups in total. The molecule has 0 aliphatic carbocycles. The van der Waals surface area contributed by atoms with E-state index in [1.807, 2.05) is 6.08 Å². The van der Waals surface area contributed by atoms with Gasteiger partial charge in [0.05, 0.1) is 0 Å². The van der Waals surface area contributed by atoms with Crippen LogP contribution in [0.3, 0.4) is 0 Å². The third-order valence-electron chi connectivity index (χ3n) is 1.94. The number of carbonyl (C=O) groups is 1. The highest BCUT2D eigenvalue weighted by Gasteiger charge is 1.90. The lowest BCUT2D eigenvalue weighted by atomic mass is 10.1. The quantitative estimate of drug-likeness (QED) is 0.370. The maximum Gasteiger partial charge on any atom is 0.506 e. The van der Waals surface area contributed by atoms with Gasteiger partial charge in [0.2, 0.25) is 0 Å². The summed E-state index contributed by atoms with van der Waals surface area (Å²) in [5, 5.41) is 8.16. The predicted molar refractivity (Wildman–Crippen MR) is 56.5 cm³/mol. The zero-order valence-electron chi connectivity index (χ0n) is 8.87. The first-order valence-corrected chi connectivity index (χ1v) is 5.28. The molecule has 0 bridgehead atoms. The number of unbranched alkanes of at least 4 members (excludes halogenated alkanes) is 5. The van der Waals surface area contributed by atoms with Crippen molar-refractivity contribution in [2.45, 2.75) is 45.4 Å². The van der Waals surface area contributed by atoms with Gasteiger partial charge in [0.15, 0.2) is 0 Å². The second-order valence-electron chi connectivity index (χ2n) is 3.25. The molecule has 0 aromatic carbocycles. The van der Waals surface area contributed by atoms with Gasteiger partial charge >= 0.3 is 6.16 Å². The normalized spacial score (nSPS) is 10.6. The fourth-order valence-electron chi connectivity index (χ4n) is 1.17. The standard InChI is InChI=1S/C11H20O3/c1-2-3-4-5-6-7-8-9-10-14-11(12)13/h8-9H,2-7,10H2,1H3,(H,12,13). The fourth-order valence-corrected chi connectivity index (χ4v) is 1.17. The molecule has 0 saturated heterocycles. The molecule has 0 fully saturated rings. The molecule has 0 saturated carbocycles. The Bertz CT molecular complexity index is 164. The molecule has 0 unspecified atom stereocenters. The van der Waals surface area contributed by atoms with Crippen LogP contribution in [0.2, 0.25) is 0 Å². The van der Waals surface area contributed by atoms with Crippen molar-refractivity contribution in [3.63, 3.8) is 0 Å². The summed E-state index contributed by atoms with van der Waals surface area (Å²) in [4.78, 5) is 9.95. The summed E-state index contributed by atoms with van der Waals surface area (Å²) in [5.41, 5.74) is 0. The van der Waals surface area contributed by atoms with Crippen molar-refractivity contribution in [2.75, 3.05) is 6.61 Å². The van der Waals surface area contributed by atoms with Gasteiger partial charge in [0, 0.05) is 0 Å². The van der Waals surface area contributed by atoms with Gasteiger partial charge < -0.3 is 9.84 Å². The summed E-state index contributed by atoms with van der Waals surface area (Å²) >= 11 is 0. The van der Waals surface area contributed by atoms with Crippen molar-refractivity contribution in [2.24, 2.45) is 0 Å². The summed E-state index contributed by atoms with van der Waals surface area (Å²) in [5.74, 6) is 0. The van der Waals surface area contributed by atoms with Gasteiger partial charge in [-0.2, -0.15) is 0 Å². The van der Waals surface area contributed by atoms with Crippen molar-refractivity contribution in [1.29, 1.82) is 0 Å². The number of hydrogen-bond donors (Lipinski definition) is 1. The van der Waals surface area contributed by atoms with Gasteiger partial charge in [-0.15, -0.1) is 0 Å². The number of ether oxygens (including phenoxy) is 1. The third-order valence-corrected chi connectivity index (χ3v) is 1.94. The van der Waals surface area contributed by atoms with E-state index >= 15 is 0 Å². The monoisotopic (exact) mass is 200 g/mol. The molecule has 0 atom stereocenters. The van der Waals surface area contributed by atoms with E-state index in [4.69, 9.17) is 5.11 Å². The van der Waals surface area contributed by atoms with Crippen LogP contribution >= 0.6 is 0 Å². The molecule has 3 heteroatoms. The van der Waals surface area contributed by atoms with Gasteiger partial charge in [-0.25, -0.2) is 4.79 Å². The molecule has 0 aliphatic rings. The Morgan fingerprint density at radius 2 is 1.93 bits per heavy atom. The summed E-state index contributed by atoms with van der Waals surface area (Å²) in [6, 6.07) is 0. The average Bonchev–Trinajstić information content (AvgIpc) is 2.15. The minimum atomic E-state index is -1.21. The number of hydrogen-bond acceptors (Lipinski definition) is 2. The van der Waals surface area contributed by atoms with E-state index in [0.29, 0.717) is 0 Å². The number of carboxylic acid groups (broad SMARTS) is 1. The Balaban J connectivity index is 3.07. The Morgan fingerprint density at radius 3 is 2.57 bits per heavy atom. The van der Waals surface area contributed by atoms with Gasteiger partial charge in [-0.1, -0.05) is 44.8 Å². The van der Waals surface area contributed by atoms with Gasteiger partial charge in [0.25, 0.3) is 0 Å². The van der Waals surface area contributed by atoms with Crippen LogP contribution in [0.5, 0.6) is 0 Å². The molecular weight excluding hydrogens is 180 g/mol. The average molecular weight is 200 g/mol. The van der Waals surface area contributed by atoms with Crippen LogP contribution in [-0.4, -0.2) is 17.9 Å². The smallest absolute Gasteiger partial charge is 0.450 e. The lowest BCUT2D eigenvalue weighted by molar-refractivity contribution is 0.102. The van der Waals surface area contributed by atoms with Crippen LogP contribution in [0.25, 0.3) is 0 Å². The largest absolute Gasteiger partial charge is 0.506 e. The zero-order valence-corrected chi connectivity index (χ0v) is 8.87. The van der Waals surface area contributed by atoms with Gasteiger partial charge in [-0.05, 0) is 12.8 Å². The zero-order chi connectivity index (χ0) is 10.6. The molecule has 0 aliphatic heterocycles. The van der Waals surface area contributed by atoms with E-state index in [9.17, 15) is 4.79 Å². The maximum absolute atomic E-state index is 9.95. The molecule has 0 radical (unpaired) electrons. The minimum Gasteiger partial charge on any atom is -0.450 e. The molecular formula is C11H20O3. The van der Waals surface area contributed by atoms with Crippen LogP contribution in [0, 0.1) is 0 Å². The van der Waals surface area contributed by atoms with Gasteiger partial charge in [0.1, 0.15) is 6.61 Å². The number of rotatable bonds is 8. The van der Waals surface area contributed by atoms with Crippen molar-refractivity contribution in [3.05, 3.63) is 12.2 Å². The molecule has 0 rings (SSSR count). The van der Waals surface area contributed by atoms with E-state index in [-0.39, 0.29) is 6.61 Å². The Kier molecular flexibility index (Phi) is 9.38. The number of allylic oxidation sites excluding steroid dienone is 1. The van der Waals surface area contributed by atoms with Crippen LogP contribution in [-0.2, 0) is 4.74 Å². The molecule has 0 heterocycles. The van der Waals surface area contributed by atoms with Crippen LogP contribution in [0.4, 0.5) is 4.79 Å². The first-order valence-electron chi connectivity index (χ1n) is 5.28. The molecule has 0 aromatic heterocycles. The second-order valence-corrected chi connectivity index (χ2v) is 3.25. The second kappa shape index (κ2) is 10.1. The van der Waals surface area contributed by atoms with Crippen LogP contribution in [0.15, 0.2) is 12.2 Å². The van der Waals surface area contributed by atoms with Gasteiger partial charge in [-0.3, -0.25) is 0 Å². The topological polar surface area (TPSA) is 46.5 Å². The minimum absolute atomic E-state index is 0.171. The highest BCUT2D eigenvalue weighted by Crippen LogP contribution is 2.05. The first kappa shape index (κ1) is 13.0. The molecule has 0 spiro atoms. The summed E-state index contributed by atoms with van der Waals surface area (Å²) in [7, 11) is 0. The molecule has 82 valence electrons. The Hall–Kier alpha value is -0.990. The molecule has 0 amide bonds. The molecule has 0 aromatic rings. The van der Waals surface area contributed by atoms with E-state index in [1.54, 1.807) is 6.08 Å². The highest BCUT2D eigenvalue weighted by atomic mass is 16.7. The SMILES string of the molecule is CCCCCCCC=CCOC(=O)O. The third kappa shape index (κ3) is 11.0. The van der Waals surface area contributed by atoms with E-state index in [1.165, 1.54) is 32.1 Å².